The molecule has 94 valence electrons. The summed E-state index contributed by atoms with van der Waals surface area (Å²) >= 11 is 3.46. The zero-order chi connectivity index (χ0) is 13.1. The molecule has 4 nitrogen and oxygen atoms in total. The van der Waals surface area contributed by atoms with Gasteiger partial charge >= 0.3 is 0 Å². The quantitative estimate of drug-likeness (QED) is 0.577. The second-order valence-corrected chi connectivity index (χ2v) is 4.85. The van der Waals surface area contributed by atoms with Crippen LogP contribution in [0.2, 0.25) is 0 Å². The topological polar surface area (TPSA) is 53.6 Å². The van der Waals surface area contributed by atoms with Crippen LogP contribution in [0, 0.1) is 0 Å². The van der Waals surface area contributed by atoms with Gasteiger partial charge in [-0.3, -0.25) is 0 Å². The first-order chi connectivity index (χ1) is 9.33. The molecule has 2 aromatic heterocycles. The molecule has 0 radical (unpaired) electrons. The van der Waals surface area contributed by atoms with Crippen LogP contribution in [-0.2, 0) is 0 Å². The zero-order valence-electron chi connectivity index (χ0n) is 9.88. The first kappa shape index (κ1) is 11.9. The fraction of sp³-hybridized carbons (Fsp3) is 0. The van der Waals surface area contributed by atoms with Crippen molar-refractivity contribution >= 4 is 39.3 Å². The van der Waals surface area contributed by atoms with E-state index in [0.29, 0.717) is 5.76 Å². The highest BCUT2D eigenvalue weighted by molar-refractivity contribution is 9.10. The normalized spacial score (nSPS) is 12.1. The van der Waals surface area contributed by atoms with E-state index in [2.05, 4.69) is 31.1 Å². The number of benzene rings is 1. The van der Waals surface area contributed by atoms with Gasteiger partial charge in [-0.25, -0.2) is 0 Å². The molecule has 1 N–H and O–H groups in total. The molecule has 1 aromatic carbocycles. The Labute approximate surface area is 118 Å². The maximum atomic E-state index is 5.12. The first-order valence-corrected chi connectivity index (χ1v) is 6.49. The number of fused-ring (bicyclic) bond motifs is 1. The van der Waals surface area contributed by atoms with Crippen molar-refractivity contribution in [1.82, 2.24) is 4.98 Å². The molecule has 0 atom stereocenters. The van der Waals surface area contributed by atoms with E-state index in [1.807, 2.05) is 36.5 Å². The number of nitrogens with zero attached hydrogens (tertiary/aromatic N) is 2. The van der Waals surface area contributed by atoms with Gasteiger partial charge in [-0.15, -0.1) is 0 Å². The Hall–Kier alpha value is -2.14. The van der Waals surface area contributed by atoms with E-state index in [-0.39, 0.29) is 0 Å². The Kier molecular flexibility index (Phi) is 3.29. The highest BCUT2D eigenvalue weighted by Crippen LogP contribution is 2.21. The highest BCUT2D eigenvalue weighted by Gasteiger charge is 2.01. The largest absolute Gasteiger partial charge is 0.463 e. The van der Waals surface area contributed by atoms with Gasteiger partial charge in [-0.2, -0.15) is 10.2 Å². The van der Waals surface area contributed by atoms with Crippen LogP contribution in [0.3, 0.4) is 0 Å². The second-order valence-electron chi connectivity index (χ2n) is 3.94. The summed E-state index contributed by atoms with van der Waals surface area (Å²) in [5.74, 6) is 0.679. The summed E-state index contributed by atoms with van der Waals surface area (Å²) in [6.07, 6.45) is 6.79. The van der Waals surface area contributed by atoms with E-state index < -0.39 is 0 Å². The summed E-state index contributed by atoms with van der Waals surface area (Å²) in [7, 11) is 0. The van der Waals surface area contributed by atoms with Gasteiger partial charge in [-0.05, 0) is 30.3 Å². The molecular formula is C14H10BrN3O. The lowest BCUT2D eigenvalue weighted by Crippen LogP contribution is -1.78. The smallest absolute Gasteiger partial charge is 0.146 e. The molecule has 5 heteroatoms. The second kappa shape index (κ2) is 5.24. The van der Waals surface area contributed by atoms with Crippen molar-refractivity contribution in [3.8, 4) is 0 Å². The lowest BCUT2D eigenvalue weighted by molar-refractivity contribution is 0.560. The summed E-state index contributed by atoms with van der Waals surface area (Å²) in [6, 6.07) is 9.69. The number of H-pyrrole nitrogens is 1. The van der Waals surface area contributed by atoms with Gasteiger partial charge in [0, 0.05) is 27.1 Å². The molecule has 0 spiro atoms. The molecule has 0 saturated carbocycles. The predicted molar refractivity (Wildman–Crippen MR) is 79.9 cm³/mol. The van der Waals surface area contributed by atoms with Gasteiger partial charge in [0.25, 0.3) is 0 Å². The highest BCUT2D eigenvalue weighted by atomic mass is 79.9. The molecule has 3 aromatic rings. The third-order valence-electron chi connectivity index (χ3n) is 2.67. The van der Waals surface area contributed by atoms with Crippen molar-refractivity contribution in [2.75, 3.05) is 0 Å². The first-order valence-electron chi connectivity index (χ1n) is 5.69. The number of rotatable bonds is 3. The lowest BCUT2D eigenvalue weighted by Gasteiger charge is -1.92. The minimum absolute atomic E-state index is 0.679. The summed E-state index contributed by atoms with van der Waals surface area (Å²) < 4.78 is 6.16. The third-order valence-corrected chi connectivity index (χ3v) is 3.16. The van der Waals surface area contributed by atoms with E-state index in [4.69, 9.17) is 4.42 Å². The van der Waals surface area contributed by atoms with E-state index in [1.54, 1.807) is 18.7 Å². The predicted octanol–water partition coefficient (Wildman–Crippen LogP) is 3.98. The van der Waals surface area contributed by atoms with Gasteiger partial charge in [-0.1, -0.05) is 15.9 Å². The molecule has 0 aliphatic heterocycles. The minimum Gasteiger partial charge on any atom is -0.463 e. The van der Waals surface area contributed by atoms with Crippen LogP contribution in [-0.4, -0.2) is 17.4 Å². The number of furan rings is 1. The molecule has 3 rings (SSSR count). The maximum Gasteiger partial charge on any atom is 0.146 e. The SMILES string of the molecule is Brc1ccc2[nH]cc(/C=N/N=C\c3ccco3)c2c1. The van der Waals surface area contributed by atoms with Gasteiger partial charge in [0.05, 0.1) is 18.7 Å². The zero-order valence-corrected chi connectivity index (χ0v) is 11.5. The molecule has 2 heterocycles. The molecule has 0 bridgehead atoms. The average molecular weight is 316 g/mol. The fourth-order valence-electron chi connectivity index (χ4n) is 1.77. The molecule has 19 heavy (non-hydrogen) atoms. The molecule has 0 fully saturated rings. The van der Waals surface area contributed by atoms with Crippen LogP contribution in [0.25, 0.3) is 10.9 Å². The van der Waals surface area contributed by atoms with Gasteiger partial charge in [0.15, 0.2) is 0 Å². The van der Waals surface area contributed by atoms with E-state index in [1.165, 1.54) is 0 Å². The molecular weight excluding hydrogens is 306 g/mol. The molecule has 0 aliphatic rings. The van der Waals surface area contributed by atoms with Crippen LogP contribution in [0.4, 0.5) is 0 Å². The Morgan fingerprint density at radius 3 is 2.89 bits per heavy atom. The van der Waals surface area contributed by atoms with Gasteiger partial charge < -0.3 is 9.40 Å². The van der Waals surface area contributed by atoms with Crippen molar-refractivity contribution < 1.29 is 4.42 Å². The van der Waals surface area contributed by atoms with E-state index in [0.717, 1.165) is 20.9 Å². The van der Waals surface area contributed by atoms with Crippen molar-refractivity contribution in [2.45, 2.75) is 0 Å². The molecule has 0 amide bonds. The van der Waals surface area contributed by atoms with Crippen LogP contribution in [0.1, 0.15) is 11.3 Å². The van der Waals surface area contributed by atoms with Crippen LogP contribution >= 0.6 is 15.9 Å². The standard InChI is InChI=1S/C14H10BrN3O/c15-11-3-4-14-13(6-11)10(7-16-14)8-17-18-9-12-2-1-5-19-12/h1-9,16H/b17-8+,18-9-. The maximum absolute atomic E-state index is 5.12. The van der Waals surface area contributed by atoms with Crippen molar-refractivity contribution in [2.24, 2.45) is 10.2 Å². The molecule has 0 unspecified atom stereocenters. The number of aromatic amines is 1. The number of hydrogen-bond acceptors (Lipinski definition) is 3. The van der Waals surface area contributed by atoms with E-state index in [9.17, 15) is 0 Å². The van der Waals surface area contributed by atoms with Gasteiger partial charge in [0.1, 0.15) is 5.76 Å². The van der Waals surface area contributed by atoms with Crippen molar-refractivity contribution in [3.05, 3.63) is 58.6 Å². The van der Waals surface area contributed by atoms with Crippen molar-refractivity contribution in [1.29, 1.82) is 0 Å². The number of hydrogen-bond donors (Lipinski definition) is 1. The monoisotopic (exact) mass is 315 g/mol. The third kappa shape index (κ3) is 2.66. The average Bonchev–Trinajstić information content (AvgIpc) is 3.04. The van der Waals surface area contributed by atoms with Gasteiger partial charge in [0.2, 0.25) is 0 Å². The van der Waals surface area contributed by atoms with Crippen LogP contribution in [0.5, 0.6) is 0 Å². The summed E-state index contributed by atoms with van der Waals surface area (Å²) in [5, 5.41) is 9.06. The molecule has 0 aliphatic carbocycles. The van der Waals surface area contributed by atoms with Crippen LogP contribution in [0.15, 0.2) is 61.9 Å². The Bertz CT molecular complexity index is 741. The van der Waals surface area contributed by atoms with E-state index >= 15 is 0 Å². The number of halogens is 1. The summed E-state index contributed by atoms with van der Waals surface area (Å²) in [5.41, 5.74) is 2.06. The summed E-state index contributed by atoms with van der Waals surface area (Å²) in [6.45, 7) is 0. The molecule has 0 saturated heterocycles. The van der Waals surface area contributed by atoms with Crippen LogP contribution < -0.4 is 0 Å². The Balaban J connectivity index is 1.83. The number of aromatic nitrogens is 1. The number of nitrogens with one attached hydrogen (secondary N) is 1. The minimum atomic E-state index is 0.679. The Morgan fingerprint density at radius 1 is 1.16 bits per heavy atom. The fourth-order valence-corrected chi connectivity index (χ4v) is 2.13. The van der Waals surface area contributed by atoms with Crippen molar-refractivity contribution in [3.63, 3.8) is 0 Å². The Morgan fingerprint density at radius 2 is 2.05 bits per heavy atom. The lowest BCUT2D eigenvalue weighted by atomic mass is 10.2. The summed E-state index contributed by atoms with van der Waals surface area (Å²) in [4.78, 5) is 3.19.